The first-order valence-corrected chi connectivity index (χ1v) is 10.1. The Bertz CT molecular complexity index is 1130. The Morgan fingerprint density at radius 3 is 2.37 bits per heavy atom. The standard InChI is InChI=1S/C23H18N2O5/c26-21-19-13-6-7-14(17-9-16(13)17)20(19)22(27)25(21)24-10-11-5-8-18(30-11)12-3-1-2-4-15(12)23(28)29/h1-8,10,13-14,16-17,19-20H,9H2,(H,28,29)/b24-10-/t13-,14-,16-,17+,19-,20+/m0/s1. The fourth-order valence-corrected chi connectivity index (χ4v) is 5.62. The van der Waals surface area contributed by atoms with Gasteiger partial charge < -0.3 is 9.52 Å². The quantitative estimate of drug-likeness (QED) is 0.481. The van der Waals surface area contributed by atoms with Crippen LogP contribution in [0.2, 0.25) is 0 Å². The molecule has 4 aliphatic carbocycles. The highest BCUT2D eigenvalue weighted by Crippen LogP contribution is 2.65. The summed E-state index contributed by atoms with van der Waals surface area (Å²) in [5.74, 6) is 0.0407. The number of carboxylic acids is 1. The number of imide groups is 1. The molecule has 2 heterocycles. The van der Waals surface area contributed by atoms with Crippen molar-refractivity contribution in [2.24, 2.45) is 40.6 Å². The van der Waals surface area contributed by atoms with Crippen molar-refractivity contribution < 1.29 is 23.9 Å². The molecule has 7 rings (SSSR count). The molecule has 1 saturated heterocycles. The Morgan fingerprint density at radius 1 is 1.03 bits per heavy atom. The summed E-state index contributed by atoms with van der Waals surface area (Å²) in [4.78, 5) is 37.3. The predicted molar refractivity (Wildman–Crippen MR) is 105 cm³/mol. The van der Waals surface area contributed by atoms with Crippen LogP contribution in [0.15, 0.2) is 58.1 Å². The maximum absolute atomic E-state index is 12.9. The van der Waals surface area contributed by atoms with E-state index in [1.54, 1.807) is 30.3 Å². The fraction of sp³-hybridized carbons (Fsp3) is 0.304. The third-order valence-electron chi connectivity index (χ3n) is 6.99. The summed E-state index contributed by atoms with van der Waals surface area (Å²) in [7, 11) is 0. The lowest BCUT2D eigenvalue weighted by molar-refractivity contribution is -0.140. The van der Waals surface area contributed by atoms with Crippen LogP contribution in [-0.4, -0.2) is 34.1 Å². The highest BCUT2D eigenvalue weighted by atomic mass is 16.4. The highest BCUT2D eigenvalue weighted by molar-refractivity contribution is 6.06. The van der Waals surface area contributed by atoms with E-state index in [9.17, 15) is 19.5 Å². The van der Waals surface area contributed by atoms with E-state index < -0.39 is 5.97 Å². The average Bonchev–Trinajstić information content (AvgIpc) is 3.39. The molecule has 2 aromatic rings. The van der Waals surface area contributed by atoms with Crippen LogP contribution >= 0.6 is 0 Å². The largest absolute Gasteiger partial charge is 0.478 e. The molecular formula is C23H18N2O5. The number of nitrogens with zero attached hydrogens (tertiary/aromatic N) is 2. The summed E-state index contributed by atoms with van der Waals surface area (Å²) in [6.45, 7) is 0. The summed E-state index contributed by atoms with van der Waals surface area (Å²) >= 11 is 0. The number of hydrogen-bond donors (Lipinski definition) is 1. The summed E-state index contributed by atoms with van der Waals surface area (Å²) in [5.41, 5.74) is 0.580. The second kappa shape index (κ2) is 6.01. The summed E-state index contributed by atoms with van der Waals surface area (Å²) in [5, 5.41) is 14.5. The number of carboxylic acid groups (broad SMARTS) is 1. The maximum Gasteiger partial charge on any atom is 0.336 e. The molecule has 7 nitrogen and oxygen atoms in total. The molecule has 1 N–H and O–H groups in total. The van der Waals surface area contributed by atoms with E-state index in [1.165, 1.54) is 12.3 Å². The van der Waals surface area contributed by atoms with Gasteiger partial charge >= 0.3 is 5.97 Å². The Labute approximate surface area is 171 Å². The van der Waals surface area contributed by atoms with Gasteiger partial charge in [-0.2, -0.15) is 10.1 Å². The second-order valence-corrected chi connectivity index (χ2v) is 8.44. The Balaban J connectivity index is 1.26. The van der Waals surface area contributed by atoms with Gasteiger partial charge in [-0.15, -0.1) is 0 Å². The van der Waals surface area contributed by atoms with Crippen molar-refractivity contribution in [3.05, 3.63) is 59.9 Å². The number of furan rings is 1. The zero-order valence-electron chi connectivity index (χ0n) is 15.8. The average molecular weight is 402 g/mol. The van der Waals surface area contributed by atoms with Crippen LogP contribution < -0.4 is 0 Å². The molecule has 7 heteroatoms. The van der Waals surface area contributed by atoms with Gasteiger partial charge in [0.05, 0.1) is 23.6 Å². The van der Waals surface area contributed by atoms with Crippen LogP contribution in [0.5, 0.6) is 0 Å². The third kappa shape index (κ3) is 2.32. The van der Waals surface area contributed by atoms with E-state index in [4.69, 9.17) is 4.42 Å². The number of amides is 2. The fourth-order valence-electron chi connectivity index (χ4n) is 5.62. The van der Waals surface area contributed by atoms with Gasteiger partial charge in [0.2, 0.25) is 0 Å². The first kappa shape index (κ1) is 17.4. The Morgan fingerprint density at radius 2 is 1.70 bits per heavy atom. The lowest BCUT2D eigenvalue weighted by Gasteiger charge is -2.37. The molecular weight excluding hydrogens is 384 g/mol. The number of rotatable bonds is 4. The van der Waals surface area contributed by atoms with E-state index in [0.29, 0.717) is 28.9 Å². The monoisotopic (exact) mass is 402 g/mol. The lowest BCUT2D eigenvalue weighted by Crippen LogP contribution is -2.40. The van der Waals surface area contributed by atoms with Crippen LogP contribution in [0.25, 0.3) is 11.3 Å². The molecule has 2 bridgehead atoms. The molecule has 2 amide bonds. The SMILES string of the molecule is O=C(O)c1ccccc1-c1ccc(/C=N\N2C(=O)[C@@H]3[C@H]4C=C[C@@H]([C@@H]5C[C@H]45)[C@@H]3C2=O)o1. The Kier molecular flexibility index (Phi) is 3.48. The minimum absolute atomic E-state index is 0.130. The van der Waals surface area contributed by atoms with Gasteiger partial charge in [0.25, 0.3) is 11.8 Å². The van der Waals surface area contributed by atoms with Gasteiger partial charge in [0, 0.05) is 5.56 Å². The van der Waals surface area contributed by atoms with Crippen LogP contribution in [0.4, 0.5) is 0 Å². The van der Waals surface area contributed by atoms with Gasteiger partial charge in [-0.1, -0.05) is 30.4 Å². The first-order valence-electron chi connectivity index (χ1n) is 10.1. The maximum atomic E-state index is 12.9. The van der Waals surface area contributed by atoms with Crippen molar-refractivity contribution in [2.75, 3.05) is 0 Å². The summed E-state index contributed by atoms with van der Waals surface area (Å²) < 4.78 is 5.71. The molecule has 6 atom stereocenters. The van der Waals surface area contributed by atoms with Gasteiger partial charge in [-0.05, 0) is 48.3 Å². The molecule has 0 unspecified atom stereocenters. The smallest absolute Gasteiger partial charge is 0.336 e. The molecule has 1 aliphatic heterocycles. The van der Waals surface area contributed by atoms with Crippen molar-refractivity contribution in [3.8, 4) is 11.3 Å². The van der Waals surface area contributed by atoms with Gasteiger partial charge in [-0.25, -0.2) is 4.79 Å². The van der Waals surface area contributed by atoms with Crippen molar-refractivity contribution in [1.82, 2.24) is 5.01 Å². The topological polar surface area (TPSA) is 100 Å². The van der Waals surface area contributed by atoms with E-state index in [2.05, 4.69) is 17.3 Å². The number of carbonyl (C=O) groups is 3. The van der Waals surface area contributed by atoms with Gasteiger partial charge in [0.1, 0.15) is 11.5 Å². The number of carbonyl (C=O) groups excluding carboxylic acids is 2. The number of aromatic carboxylic acids is 1. The predicted octanol–water partition coefficient (Wildman–Crippen LogP) is 3.03. The van der Waals surface area contributed by atoms with Crippen molar-refractivity contribution >= 4 is 24.0 Å². The minimum Gasteiger partial charge on any atom is -0.478 e. The van der Waals surface area contributed by atoms with Crippen LogP contribution in [0.3, 0.4) is 0 Å². The van der Waals surface area contributed by atoms with Crippen LogP contribution in [0, 0.1) is 35.5 Å². The van der Waals surface area contributed by atoms with E-state index >= 15 is 0 Å². The third-order valence-corrected chi connectivity index (χ3v) is 6.99. The van der Waals surface area contributed by atoms with E-state index in [0.717, 1.165) is 11.4 Å². The molecule has 3 fully saturated rings. The number of hydrazone groups is 1. The number of allylic oxidation sites excluding steroid dienone is 2. The molecule has 150 valence electrons. The molecule has 0 radical (unpaired) electrons. The van der Waals surface area contributed by atoms with Crippen molar-refractivity contribution in [3.63, 3.8) is 0 Å². The van der Waals surface area contributed by atoms with Crippen LogP contribution in [-0.2, 0) is 9.59 Å². The molecule has 1 aromatic heterocycles. The van der Waals surface area contributed by atoms with Crippen LogP contribution in [0.1, 0.15) is 22.5 Å². The van der Waals surface area contributed by atoms with Crippen molar-refractivity contribution in [2.45, 2.75) is 6.42 Å². The zero-order chi connectivity index (χ0) is 20.6. The lowest BCUT2D eigenvalue weighted by atomic mass is 9.63. The molecule has 30 heavy (non-hydrogen) atoms. The zero-order valence-corrected chi connectivity index (χ0v) is 15.8. The minimum atomic E-state index is -1.05. The van der Waals surface area contributed by atoms with Crippen molar-refractivity contribution in [1.29, 1.82) is 0 Å². The molecule has 2 saturated carbocycles. The first-order chi connectivity index (χ1) is 14.5. The summed E-state index contributed by atoms with van der Waals surface area (Å²) in [6.07, 6.45) is 6.70. The van der Waals surface area contributed by atoms with E-state index in [-0.39, 0.29) is 41.0 Å². The molecule has 5 aliphatic rings. The molecule has 0 spiro atoms. The Hall–Kier alpha value is -3.48. The molecule has 1 aromatic carbocycles. The number of hydrogen-bond acceptors (Lipinski definition) is 5. The van der Waals surface area contributed by atoms with Gasteiger partial charge in [-0.3, -0.25) is 9.59 Å². The van der Waals surface area contributed by atoms with E-state index in [1.807, 2.05) is 0 Å². The van der Waals surface area contributed by atoms with Gasteiger partial charge in [0.15, 0.2) is 0 Å². The highest BCUT2D eigenvalue weighted by Gasteiger charge is 2.67. The number of benzene rings is 1. The second-order valence-electron chi connectivity index (χ2n) is 8.44. The summed E-state index contributed by atoms with van der Waals surface area (Å²) in [6, 6.07) is 9.83. The normalized spacial score (nSPS) is 33.3.